The molecule has 0 radical (unpaired) electrons. The van der Waals surface area contributed by atoms with Crippen molar-refractivity contribution in [3.8, 4) is 0 Å². The molecule has 5 rings (SSSR count). The first kappa shape index (κ1) is 16.6. The van der Waals surface area contributed by atoms with E-state index in [-0.39, 0.29) is 5.56 Å². The van der Waals surface area contributed by atoms with E-state index in [9.17, 15) is 4.79 Å². The van der Waals surface area contributed by atoms with Crippen LogP contribution in [-0.2, 0) is 13.1 Å². The minimum Gasteiger partial charge on any atom is -0.346 e. The second-order valence-electron chi connectivity index (χ2n) is 6.42. The Bertz CT molecular complexity index is 1360. The molecular weight excluding hydrogens is 382 g/mol. The first-order chi connectivity index (χ1) is 13.2. The van der Waals surface area contributed by atoms with Gasteiger partial charge in [-0.05, 0) is 18.2 Å². The summed E-state index contributed by atoms with van der Waals surface area (Å²) in [4.78, 5) is 18.3. The molecule has 4 aromatic heterocycles. The van der Waals surface area contributed by atoms with Gasteiger partial charge in [0.05, 0.1) is 17.8 Å². The number of fused-ring (bicyclic) bond motifs is 4. The maximum atomic E-state index is 13.1. The van der Waals surface area contributed by atoms with Gasteiger partial charge in [-0.3, -0.25) is 9.20 Å². The average Bonchev–Trinajstić information content (AvgIpc) is 3.34. The van der Waals surface area contributed by atoms with Crippen LogP contribution in [0, 0.1) is 0 Å². The summed E-state index contributed by atoms with van der Waals surface area (Å²) in [6.07, 6.45) is 5.76. The Kier molecular flexibility index (Phi) is 3.82. The lowest BCUT2D eigenvalue weighted by Gasteiger charge is -2.10. The summed E-state index contributed by atoms with van der Waals surface area (Å²) in [5, 5.41) is 5.11. The van der Waals surface area contributed by atoms with Crippen LogP contribution in [0.4, 0.5) is 0 Å². The molecule has 0 atom stereocenters. The van der Waals surface area contributed by atoms with Crippen LogP contribution < -0.4 is 11.3 Å². The molecule has 0 aliphatic heterocycles. The third-order valence-electron chi connectivity index (χ3n) is 4.88. The molecule has 8 heteroatoms. The molecule has 0 fully saturated rings. The molecule has 0 saturated carbocycles. The Morgan fingerprint density at radius 1 is 1.07 bits per heavy atom. The summed E-state index contributed by atoms with van der Waals surface area (Å²) in [6.45, 7) is 1.63. The van der Waals surface area contributed by atoms with Gasteiger partial charge in [0.25, 0.3) is 5.56 Å². The minimum atomic E-state index is -0.0452. The van der Waals surface area contributed by atoms with E-state index in [0.717, 1.165) is 26.9 Å². The van der Waals surface area contributed by atoms with E-state index in [1.807, 2.05) is 46.6 Å². The standard InChI is InChI=1S/C19H16ClN5OS/c20-17-15(25-9-10-27-19(25)22-17)11-24-7-4-13-14(18(24)26)2-1-12-3-6-23(8-5-21)16(12)13/h1-4,6-7,9-10H,5,8,11,21H2. The SMILES string of the molecule is NCCn1ccc2ccc3c(=O)n(Cc4c(Cl)nc5sccn45)ccc3c21. The first-order valence-electron chi connectivity index (χ1n) is 8.58. The number of nitrogens with zero attached hydrogens (tertiary/aromatic N) is 4. The topological polar surface area (TPSA) is 70.2 Å². The molecule has 0 spiro atoms. The van der Waals surface area contributed by atoms with Gasteiger partial charge in [-0.25, -0.2) is 4.98 Å². The molecule has 0 aliphatic rings. The van der Waals surface area contributed by atoms with Gasteiger partial charge < -0.3 is 14.9 Å². The Morgan fingerprint density at radius 3 is 2.78 bits per heavy atom. The number of benzene rings is 1. The average molecular weight is 398 g/mol. The lowest BCUT2D eigenvalue weighted by molar-refractivity contribution is 0.734. The van der Waals surface area contributed by atoms with Gasteiger partial charge in [0.1, 0.15) is 0 Å². The highest BCUT2D eigenvalue weighted by Crippen LogP contribution is 2.25. The Labute approximate surface area is 163 Å². The molecule has 0 bridgehead atoms. The van der Waals surface area contributed by atoms with Gasteiger partial charge >= 0.3 is 0 Å². The molecule has 0 aliphatic carbocycles. The van der Waals surface area contributed by atoms with Crippen molar-refractivity contribution in [3.63, 3.8) is 0 Å². The van der Waals surface area contributed by atoms with Gasteiger partial charge in [0.15, 0.2) is 10.1 Å². The van der Waals surface area contributed by atoms with Crippen molar-refractivity contribution in [1.82, 2.24) is 18.5 Å². The van der Waals surface area contributed by atoms with Crippen molar-refractivity contribution in [1.29, 1.82) is 0 Å². The lowest BCUT2D eigenvalue weighted by Crippen LogP contribution is -2.21. The molecule has 0 unspecified atom stereocenters. The third-order valence-corrected chi connectivity index (χ3v) is 5.94. The quantitative estimate of drug-likeness (QED) is 0.505. The fourth-order valence-electron chi connectivity index (χ4n) is 3.63. The number of nitrogens with two attached hydrogens (primary N) is 1. The minimum absolute atomic E-state index is 0.0452. The molecule has 1 aromatic carbocycles. The zero-order valence-corrected chi connectivity index (χ0v) is 15.9. The van der Waals surface area contributed by atoms with Gasteiger partial charge in [-0.2, -0.15) is 0 Å². The zero-order chi connectivity index (χ0) is 18.5. The number of imidazole rings is 1. The summed E-state index contributed by atoms with van der Waals surface area (Å²) in [5.41, 5.74) is 7.54. The number of pyridine rings is 1. The van der Waals surface area contributed by atoms with E-state index in [2.05, 4.69) is 15.6 Å². The Balaban J connectivity index is 1.68. The van der Waals surface area contributed by atoms with Crippen LogP contribution in [0.1, 0.15) is 5.69 Å². The maximum absolute atomic E-state index is 13.1. The Hall–Kier alpha value is -2.61. The molecular formula is C19H16ClN5OS. The summed E-state index contributed by atoms with van der Waals surface area (Å²) >= 11 is 7.81. The van der Waals surface area contributed by atoms with Crippen LogP contribution in [0.2, 0.25) is 5.15 Å². The summed E-state index contributed by atoms with van der Waals surface area (Å²) in [6, 6.07) is 7.92. The van der Waals surface area contributed by atoms with Crippen LogP contribution in [0.3, 0.4) is 0 Å². The Morgan fingerprint density at radius 2 is 1.93 bits per heavy atom. The highest BCUT2D eigenvalue weighted by atomic mass is 35.5. The van der Waals surface area contributed by atoms with E-state index in [4.69, 9.17) is 17.3 Å². The molecule has 6 nitrogen and oxygen atoms in total. The lowest BCUT2D eigenvalue weighted by atomic mass is 10.1. The molecule has 0 amide bonds. The summed E-state index contributed by atoms with van der Waals surface area (Å²) in [7, 11) is 0. The van der Waals surface area contributed by atoms with Gasteiger partial charge in [-0.1, -0.05) is 17.7 Å². The number of hydrogen-bond donors (Lipinski definition) is 1. The smallest absolute Gasteiger partial charge is 0.258 e. The maximum Gasteiger partial charge on any atom is 0.258 e. The number of rotatable bonds is 4. The van der Waals surface area contributed by atoms with E-state index >= 15 is 0 Å². The number of halogens is 1. The van der Waals surface area contributed by atoms with Crippen LogP contribution in [0.25, 0.3) is 26.6 Å². The third kappa shape index (κ3) is 2.50. The summed E-state index contributed by atoms with van der Waals surface area (Å²) < 4.78 is 5.71. The monoisotopic (exact) mass is 397 g/mol. The fourth-order valence-corrected chi connectivity index (χ4v) is 4.64. The highest BCUT2D eigenvalue weighted by Gasteiger charge is 2.14. The fraction of sp³-hybridized carbons (Fsp3) is 0.158. The molecule has 4 heterocycles. The van der Waals surface area contributed by atoms with E-state index in [0.29, 0.717) is 30.2 Å². The second kappa shape index (κ2) is 6.23. The van der Waals surface area contributed by atoms with Crippen molar-refractivity contribution >= 4 is 49.6 Å². The molecule has 0 saturated heterocycles. The van der Waals surface area contributed by atoms with Crippen LogP contribution in [-0.4, -0.2) is 25.1 Å². The summed E-state index contributed by atoms with van der Waals surface area (Å²) in [5.74, 6) is 0. The van der Waals surface area contributed by atoms with Crippen molar-refractivity contribution < 1.29 is 0 Å². The van der Waals surface area contributed by atoms with E-state index in [1.165, 1.54) is 11.3 Å². The molecule has 136 valence electrons. The molecule has 2 N–H and O–H groups in total. The predicted octanol–water partition coefficient (Wildman–Crippen LogP) is 3.33. The van der Waals surface area contributed by atoms with Crippen molar-refractivity contribution in [2.45, 2.75) is 13.1 Å². The van der Waals surface area contributed by atoms with Crippen molar-refractivity contribution in [3.05, 3.63) is 69.4 Å². The molecule has 5 aromatic rings. The van der Waals surface area contributed by atoms with Gasteiger partial charge in [0.2, 0.25) is 0 Å². The van der Waals surface area contributed by atoms with Crippen LogP contribution in [0.5, 0.6) is 0 Å². The van der Waals surface area contributed by atoms with Crippen LogP contribution in [0.15, 0.2) is 53.0 Å². The predicted molar refractivity (Wildman–Crippen MR) is 110 cm³/mol. The van der Waals surface area contributed by atoms with Crippen molar-refractivity contribution in [2.75, 3.05) is 6.54 Å². The van der Waals surface area contributed by atoms with Gasteiger partial charge in [0, 0.05) is 53.2 Å². The second-order valence-corrected chi connectivity index (χ2v) is 7.65. The first-order valence-corrected chi connectivity index (χ1v) is 9.84. The number of hydrogen-bond acceptors (Lipinski definition) is 4. The highest BCUT2D eigenvalue weighted by molar-refractivity contribution is 7.15. The molecule has 27 heavy (non-hydrogen) atoms. The zero-order valence-electron chi connectivity index (χ0n) is 14.3. The van der Waals surface area contributed by atoms with E-state index in [1.54, 1.807) is 4.57 Å². The van der Waals surface area contributed by atoms with E-state index < -0.39 is 0 Å². The van der Waals surface area contributed by atoms with Crippen molar-refractivity contribution in [2.24, 2.45) is 5.73 Å². The van der Waals surface area contributed by atoms with Gasteiger partial charge in [-0.15, -0.1) is 11.3 Å². The number of aromatic nitrogens is 4. The largest absolute Gasteiger partial charge is 0.346 e. The number of thiazole rings is 1. The normalized spacial score (nSPS) is 11.9. The van der Waals surface area contributed by atoms with Crippen LogP contribution >= 0.6 is 22.9 Å².